The van der Waals surface area contributed by atoms with Crippen LogP contribution in [0.15, 0.2) is 102 Å². The highest BCUT2D eigenvalue weighted by atomic mass is 16.5. The van der Waals surface area contributed by atoms with Gasteiger partial charge in [-0.05, 0) is 23.8 Å². The zero-order valence-electron chi connectivity index (χ0n) is 18.1. The summed E-state index contributed by atoms with van der Waals surface area (Å²) < 4.78 is 6.79. The van der Waals surface area contributed by atoms with Gasteiger partial charge in [-0.2, -0.15) is 10.2 Å². The molecule has 0 saturated heterocycles. The van der Waals surface area contributed by atoms with Gasteiger partial charge >= 0.3 is 0 Å². The predicted octanol–water partition coefficient (Wildman–Crippen LogP) is 5.02. The third kappa shape index (κ3) is 4.19. The van der Waals surface area contributed by atoms with Gasteiger partial charge < -0.3 is 4.74 Å². The molecule has 0 spiro atoms. The monoisotopic (exact) mass is 434 g/mol. The summed E-state index contributed by atoms with van der Waals surface area (Å²) in [6, 6.07) is 30.9. The summed E-state index contributed by atoms with van der Waals surface area (Å²) in [5, 5.41) is 12.6. The van der Waals surface area contributed by atoms with Gasteiger partial charge in [-0.3, -0.25) is 9.89 Å². The number of aromatic nitrogens is 4. The van der Waals surface area contributed by atoms with E-state index in [1.807, 2.05) is 84.9 Å². The number of ether oxygens (including phenoxy) is 1. The van der Waals surface area contributed by atoms with Crippen LogP contribution >= 0.6 is 0 Å². The van der Waals surface area contributed by atoms with E-state index in [-0.39, 0.29) is 5.56 Å². The van der Waals surface area contributed by atoms with Crippen molar-refractivity contribution in [3.05, 3.63) is 113 Å². The molecular formula is C27H22N4O2. The SMILES string of the molecule is COc1cccc(Cn2nc(-c3c(-c4ccccc4)n[nH]c3-c3ccccc3)ccc2=O)c1. The summed E-state index contributed by atoms with van der Waals surface area (Å²) in [7, 11) is 1.62. The Morgan fingerprint density at radius 2 is 1.58 bits per heavy atom. The fourth-order valence-corrected chi connectivity index (χ4v) is 3.85. The number of H-pyrrole nitrogens is 1. The molecule has 6 heteroatoms. The van der Waals surface area contributed by atoms with E-state index in [1.54, 1.807) is 19.2 Å². The van der Waals surface area contributed by atoms with Gasteiger partial charge in [0.1, 0.15) is 11.4 Å². The fraction of sp³-hybridized carbons (Fsp3) is 0.0741. The van der Waals surface area contributed by atoms with Crippen molar-refractivity contribution in [1.82, 2.24) is 20.0 Å². The van der Waals surface area contributed by atoms with E-state index < -0.39 is 0 Å². The minimum absolute atomic E-state index is 0.174. The maximum Gasteiger partial charge on any atom is 0.267 e. The van der Waals surface area contributed by atoms with Crippen molar-refractivity contribution < 1.29 is 4.74 Å². The summed E-state index contributed by atoms with van der Waals surface area (Å²) >= 11 is 0. The van der Waals surface area contributed by atoms with Crippen molar-refractivity contribution >= 4 is 0 Å². The van der Waals surface area contributed by atoms with Crippen molar-refractivity contribution in [1.29, 1.82) is 0 Å². The summed E-state index contributed by atoms with van der Waals surface area (Å²) in [4.78, 5) is 12.7. The van der Waals surface area contributed by atoms with Crippen LogP contribution in [0.3, 0.4) is 0 Å². The zero-order chi connectivity index (χ0) is 22.6. The standard InChI is InChI=1S/C27H22N4O2/c1-33-22-14-8-9-19(17-22)18-31-24(32)16-15-23(30-31)25-26(20-10-4-2-5-11-20)28-29-27(25)21-12-6-3-7-13-21/h2-17H,18H2,1H3,(H,28,29). The molecule has 0 fully saturated rings. The Morgan fingerprint density at radius 3 is 2.30 bits per heavy atom. The number of rotatable bonds is 6. The van der Waals surface area contributed by atoms with Gasteiger partial charge in [0.2, 0.25) is 0 Å². The first kappa shape index (κ1) is 20.5. The van der Waals surface area contributed by atoms with Crippen LogP contribution in [-0.2, 0) is 6.54 Å². The maximum absolute atomic E-state index is 12.7. The molecule has 0 radical (unpaired) electrons. The molecule has 0 aliphatic carbocycles. The average Bonchev–Trinajstić information content (AvgIpc) is 3.32. The van der Waals surface area contributed by atoms with Crippen molar-refractivity contribution in [3.8, 4) is 39.5 Å². The van der Waals surface area contributed by atoms with E-state index in [2.05, 4.69) is 10.2 Å². The lowest BCUT2D eigenvalue weighted by molar-refractivity contribution is 0.414. The van der Waals surface area contributed by atoms with E-state index in [1.165, 1.54) is 4.68 Å². The normalized spacial score (nSPS) is 10.8. The molecule has 2 aromatic heterocycles. The average molecular weight is 434 g/mol. The van der Waals surface area contributed by atoms with E-state index >= 15 is 0 Å². The number of hydrogen-bond acceptors (Lipinski definition) is 4. The highest BCUT2D eigenvalue weighted by Crippen LogP contribution is 2.36. The third-order valence-electron chi connectivity index (χ3n) is 5.47. The van der Waals surface area contributed by atoms with E-state index in [0.717, 1.165) is 39.4 Å². The highest BCUT2D eigenvalue weighted by Gasteiger charge is 2.20. The van der Waals surface area contributed by atoms with Crippen molar-refractivity contribution in [2.45, 2.75) is 6.54 Å². The Balaban J connectivity index is 1.65. The minimum atomic E-state index is -0.174. The second-order valence-corrected chi connectivity index (χ2v) is 7.62. The summed E-state index contributed by atoms with van der Waals surface area (Å²) in [5.41, 5.74) is 5.89. The van der Waals surface area contributed by atoms with E-state index in [4.69, 9.17) is 9.84 Å². The van der Waals surface area contributed by atoms with Crippen LogP contribution in [0.5, 0.6) is 5.75 Å². The molecule has 0 bridgehead atoms. The Hall–Kier alpha value is -4.45. The van der Waals surface area contributed by atoms with Gasteiger partial charge in [-0.15, -0.1) is 0 Å². The molecule has 2 heterocycles. The first-order valence-electron chi connectivity index (χ1n) is 10.6. The van der Waals surface area contributed by atoms with Crippen molar-refractivity contribution in [3.63, 3.8) is 0 Å². The molecule has 0 aliphatic rings. The first-order chi connectivity index (χ1) is 16.2. The Labute approximate surface area is 191 Å². The van der Waals surface area contributed by atoms with Gasteiger partial charge in [-0.1, -0.05) is 72.8 Å². The molecule has 162 valence electrons. The highest BCUT2D eigenvalue weighted by molar-refractivity contribution is 5.89. The molecular weight excluding hydrogens is 412 g/mol. The zero-order valence-corrected chi connectivity index (χ0v) is 18.1. The van der Waals surface area contributed by atoms with Gasteiger partial charge in [0, 0.05) is 17.2 Å². The van der Waals surface area contributed by atoms with Crippen molar-refractivity contribution in [2.24, 2.45) is 0 Å². The predicted molar refractivity (Wildman–Crippen MR) is 129 cm³/mol. The number of hydrogen-bond donors (Lipinski definition) is 1. The molecule has 5 aromatic rings. The molecule has 0 unspecified atom stereocenters. The molecule has 33 heavy (non-hydrogen) atoms. The molecule has 3 aromatic carbocycles. The molecule has 0 amide bonds. The van der Waals surface area contributed by atoms with Gasteiger partial charge in [-0.25, -0.2) is 4.68 Å². The molecule has 0 atom stereocenters. The van der Waals surface area contributed by atoms with E-state index in [9.17, 15) is 4.79 Å². The lowest BCUT2D eigenvalue weighted by Crippen LogP contribution is -2.22. The number of nitrogens with one attached hydrogen (secondary N) is 1. The smallest absolute Gasteiger partial charge is 0.267 e. The number of nitrogens with zero attached hydrogens (tertiary/aromatic N) is 3. The lowest BCUT2D eigenvalue weighted by atomic mass is 9.99. The van der Waals surface area contributed by atoms with E-state index in [0.29, 0.717) is 12.2 Å². The van der Waals surface area contributed by atoms with Gasteiger partial charge in [0.25, 0.3) is 5.56 Å². The van der Waals surface area contributed by atoms with Crippen LogP contribution in [0.4, 0.5) is 0 Å². The van der Waals surface area contributed by atoms with Crippen LogP contribution in [0.25, 0.3) is 33.8 Å². The third-order valence-corrected chi connectivity index (χ3v) is 5.47. The second-order valence-electron chi connectivity index (χ2n) is 7.62. The minimum Gasteiger partial charge on any atom is -0.497 e. The van der Waals surface area contributed by atoms with Crippen LogP contribution in [0, 0.1) is 0 Å². The Kier molecular flexibility index (Phi) is 5.55. The number of benzene rings is 3. The maximum atomic E-state index is 12.7. The quantitative estimate of drug-likeness (QED) is 0.407. The summed E-state index contributed by atoms with van der Waals surface area (Å²) in [5.74, 6) is 0.740. The van der Waals surface area contributed by atoms with Crippen LogP contribution < -0.4 is 10.3 Å². The molecule has 0 aliphatic heterocycles. The number of methoxy groups -OCH3 is 1. The van der Waals surface area contributed by atoms with Crippen LogP contribution in [0.2, 0.25) is 0 Å². The van der Waals surface area contributed by atoms with Crippen molar-refractivity contribution in [2.75, 3.05) is 7.11 Å². The molecule has 6 nitrogen and oxygen atoms in total. The number of aromatic amines is 1. The Bertz CT molecular complexity index is 1380. The second kappa shape index (κ2) is 8.96. The van der Waals surface area contributed by atoms with Crippen LogP contribution in [-0.4, -0.2) is 27.1 Å². The van der Waals surface area contributed by atoms with Gasteiger partial charge in [0.15, 0.2) is 0 Å². The molecule has 0 saturated carbocycles. The Morgan fingerprint density at radius 1 is 0.848 bits per heavy atom. The summed E-state index contributed by atoms with van der Waals surface area (Å²) in [6.07, 6.45) is 0. The molecule has 5 rings (SSSR count). The summed E-state index contributed by atoms with van der Waals surface area (Å²) in [6.45, 7) is 0.336. The topological polar surface area (TPSA) is 72.8 Å². The van der Waals surface area contributed by atoms with Crippen LogP contribution in [0.1, 0.15) is 5.56 Å². The first-order valence-corrected chi connectivity index (χ1v) is 10.6. The fourth-order valence-electron chi connectivity index (χ4n) is 3.85. The largest absolute Gasteiger partial charge is 0.497 e. The molecule has 1 N–H and O–H groups in total. The lowest BCUT2D eigenvalue weighted by Gasteiger charge is -2.10. The van der Waals surface area contributed by atoms with Gasteiger partial charge in [0.05, 0.1) is 30.6 Å².